The third kappa shape index (κ3) is 3.33. The monoisotopic (exact) mass is 425 g/mol. The molecule has 6 nitrogen and oxygen atoms in total. The number of thiazole rings is 1. The van der Waals surface area contributed by atoms with Crippen LogP contribution in [0.1, 0.15) is 44.1 Å². The number of hydrogen-bond donors (Lipinski definition) is 1. The van der Waals surface area contributed by atoms with Crippen molar-refractivity contribution in [3.63, 3.8) is 0 Å². The van der Waals surface area contributed by atoms with E-state index in [0.29, 0.717) is 22.7 Å². The van der Waals surface area contributed by atoms with Crippen LogP contribution in [0.5, 0.6) is 5.75 Å². The van der Waals surface area contributed by atoms with Crippen molar-refractivity contribution in [2.24, 2.45) is 7.05 Å². The maximum Gasteiger partial charge on any atom is 0.192 e. The van der Waals surface area contributed by atoms with E-state index in [2.05, 4.69) is 15.2 Å². The standard InChI is InChI=1S/C18H18ClF2N5OS/c1-18(2,27-13-10(20)6-9(19)7-11(13)21)16-25-24-15(26(16)3)14-12(8-4-5-8)23-17(22)28-14/h6-8H,4-5H2,1-3H3,(H2,22,23). The Morgan fingerprint density at radius 3 is 2.50 bits per heavy atom. The van der Waals surface area contributed by atoms with Crippen molar-refractivity contribution in [2.75, 3.05) is 5.73 Å². The Balaban J connectivity index is 1.71. The number of nitrogens with zero attached hydrogens (tertiary/aromatic N) is 4. The molecule has 28 heavy (non-hydrogen) atoms. The number of anilines is 1. The molecule has 1 saturated carbocycles. The molecular weight excluding hydrogens is 408 g/mol. The first-order valence-electron chi connectivity index (χ1n) is 8.67. The fourth-order valence-electron chi connectivity index (χ4n) is 3.12. The summed E-state index contributed by atoms with van der Waals surface area (Å²) in [5, 5.41) is 8.93. The smallest absolute Gasteiger partial charge is 0.192 e. The number of nitrogen functional groups attached to an aromatic ring is 1. The van der Waals surface area contributed by atoms with Gasteiger partial charge < -0.3 is 15.0 Å². The van der Waals surface area contributed by atoms with E-state index in [0.717, 1.165) is 35.5 Å². The van der Waals surface area contributed by atoms with Crippen LogP contribution < -0.4 is 10.5 Å². The van der Waals surface area contributed by atoms with E-state index in [1.165, 1.54) is 11.3 Å². The minimum Gasteiger partial charge on any atom is -0.474 e. The van der Waals surface area contributed by atoms with E-state index in [-0.39, 0.29) is 5.02 Å². The van der Waals surface area contributed by atoms with E-state index in [4.69, 9.17) is 22.1 Å². The topological polar surface area (TPSA) is 78.9 Å². The van der Waals surface area contributed by atoms with Gasteiger partial charge in [0.05, 0.1) is 10.6 Å². The predicted molar refractivity (Wildman–Crippen MR) is 104 cm³/mol. The lowest BCUT2D eigenvalue weighted by molar-refractivity contribution is 0.0836. The summed E-state index contributed by atoms with van der Waals surface area (Å²) in [6.07, 6.45) is 2.15. The number of nitrogens with two attached hydrogens (primary N) is 1. The molecule has 0 amide bonds. The van der Waals surface area contributed by atoms with E-state index in [1.54, 1.807) is 25.5 Å². The molecule has 0 spiro atoms. The highest BCUT2D eigenvalue weighted by Crippen LogP contribution is 2.46. The molecule has 0 bridgehead atoms. The minimum absolute atomic E-state index is 0.0449. The molecule has 4 rings (SSSR count). The van der Waals surface area contributed by atoms with Gasteiger partial charge in [0.25, 0.3) is 0 Å². The Morgan fingerprint density at radius 2 is 1.89 bits per heavy atom. The molecule has 2 N–H and O–H groups in total. The lowest BCUT2D eigenvalue weighted by atomic mass is 10.1. The van der Waals surface area contributed by atoms with Gasteiger partial charge in [-0.05, 0) is 38.8 Å². The lowest BCUT2D eigenvalue weighted by Crippen LogP contribution is -2.30. The van der Waals surface area contributed by atoms with Gasteiger partial charge in [0, 0.05) is 18.0 Å². The Kier molecular flexibility index (Phi) is 4.54. The number of halogens is 3. The highest BCUT2D eigenvalue weighted by molar-refractivity contribution is 7.18. The Labute approximate surface area is 169 Å². The number of aromatic nitrogens is 4. The van der Waals surface area contributed by atoms with Crippen molar-refractivity contribution in [1.29, 1.82) is 0 Å². The molecule has 0 aliphatic heterocycles. The van der Waals surface area contributed by atoms with Crippen LogP contribution in [0, 0.1) is 11.6 Å². The molecule has 0 radical (unpaired) electrons. The molecule has 10 heteroatoms. The van der Waals surface area contributed by atoms with Crippen LogP contribution in [0.3, 0.4) is 0 Å². The fourth-order valence-corrected chi connectivity index (χ4v) is 4.25. The second kappa shape index (κ2) is 6.66. The highest BCUT2D eigenvalue weighted by atomic mass is 35.5. The van der Waals surface area contributed by atoms with E-state index in [1.807, 2.05) is 0 Å². The Bertz CT molecular complexity index is 1040. The molecule has 2 heterocycles. The fraction of sp³-hybridized carbons (Fsp3) is 0.389. The van der Waals surface area contributed by atoms with E-state index in [9.17, 15) is 8.78 Å². The zero-order chi connectivity index (χ0) is 20.2. The average Bonchev–Trinajstić information content (AvgIpc) is 3.26. The SMILES string of the molecule is Cn1c(-c2sc(N)nc2C2CC2)nnc1C(C)(C)Oc1c(F)cc(Cl)cc1F. The van der Waals surface area contributed by atoms with Gasteiger partial charge >= 0.3 is 0 Å². The Hall–Kier alpha value is -2.26. The lowest BCUT2D eigenvalue weighted by Gasteiger charge is -2.26. The van der Waals surface area contributed by atoms with Gasteiger partial charge in [-0.2, -0.15) is 0 Å². The average molecular weight is 426 g/mol. The maximum atomic E-state index is 14.2. The van der Waals surface area contributed by atoms with Crippen LogP contribution in [0.2, 0.25) is 5.02 Å². The summed E-state index contributed by atoms with van der Waals surface area (Å²) in [6, 6.07) is 2.00. The zero-order valence-electron chi connectivity index (χ0n) is 15.5. The molecule has 2 aromatic heterocycles. The summed E-state index contributed by atoms with van der Waals surface area (Å²) in [6.45, 7) is 3.33. The van der Waals surface area contributed by atoms with Gasteiger partial charge in [0.2, 0.25) is 0 Å². The van der Waals surface area contributed by atoms with Crippen LogP contribution >= 0.6 is 22.9 Å². The summed E-state index contributed by atoms with van der Waals surface area (Å²) < 4.78 is 35.7. The predicted octanol–water partition coefficient (Wildman–Crippen LogP) is 4.64. The maximum absolute atomic E-state index is 14.2. The first-order valence-corrected chi connectivity index (χ1v) is 9.87. The number of ether oxygens (including phenoxy) is 1. The molecular formula is C18H18ClF2N5OS. The van der Waals surface area contributed by atoms with Crippen LogP contribution in [-0.4, -0.2) is 19.7 Å². The third-order valence-corrected chi connectivity index (χ3v) is 5.69. The summed E-state index contributed by atoms with van der Waals surface area (Å²) in [5.41, 5.74) is 5.67. The number of benzene rings is 1. The molecule has 0 saturated heterocycles. The van der Waals surface area contributed by atoms with Gasteiger partial charge in [-0.1, -0.05) is 22.9 Å². The van der Waals surface area contributed by atoms with Gasteiger partial charge in [0.15, 0.2) is 39.8 Å². The quantitative estimate of drug-likeness (QED) is 0.644. The molecule has 3 aromatic rings. The molecule has 0 unspecified atom stereocenters. The van der Waals surface area contributed by atoms with Crippen molar-refractivity contribution >= 4 is 28.1 Å². The van der Waals surface area contributed by atoms with Crippen LogP contribution in [0.4, 0.5) is 13.9 Å². The largest absolute Gasteiger partial charge is 0.474 e. The summed E-state index contributed by atoms with van der Waals surface area (Å²) >= 11 is 7.03. The van der Waals surface area contributed by atoms with Crippen molar-refractivity contribution in [2.45, 2.75) is 38.2 Å². The summed E-state index contributed by atoms with van der Waals surface area (Å²) in [4.78, 5) is 5.29. The molecule has 1 aromatic carbocycles. The van der Waals surface area contributed by atoms with E-state index >= 15 is 0 Å². The van der Waals surface area contributed by atoms with Crippen LogP contribution in [0.25, 0.3) is 10.7 Å². The van der Waals surface area contributed by atoms with Crippen molar-refractivity contribution in [1.82, 2.24) is 19.7 Å². The van der Waals surface area contributed by atoms with Gasteiger partial charge in [-0.15, -0.1) is 10.2 Å². The van der Waals surface area contributed by atoms with Crippen molar-refractivity contribution < 1.29 is 13.5 Å². The first kappa shape index (κ1) is 19.1. The molecule has 1 aliphatic rings. The molecule has 1 fully saturated rings. The Morgan fingerprint density at radius 1 is 1.25 bits per heavy atom. The molecule has 0 atom stereocenters. The molecule has 1 aliphatic carbocycles. The second-order valence-corrected chi connectivity index (χ2v) is 8.72. The van der Waals surface area contributed by atoms with Gasteiger partial charge in [-0.3, -0.25) is 0 Å². The van der Waals surface area contributed by atoms with Gasteiger partial charge in [0.1, 0.15) is 0 Å². The first-order chi connectivity index (χ1) is 13.2. The molecule has 148 valence electrons. The van der Waals surface area contributed by atoms with Crippen molar-refractivity contribution in [3.05, 3.63) is 40.3 Å². The van der Waals surface area contributed by atoms with Crippen molar-refractivity contribution in [3.8, 4) is 16.5 Å². The minimum atomic E-state index is -1.16. The van der Waals surface area contributed by atoms with E-state index < -0.39 is 23.0 Å². The van der Waals surface area contributed by atoms with Crippen LogP contribution in [0.15, 0.2) is 12.1 Å². The summed E-state index contributed by atoms with van der Waals surface area (Å²) in [5.74, 6) is -0.881. The third-order valence-electron chi connectivity index (χ3n) is 4.57. The summed E-state index contributed by atoms with van der Waals surface area (Å²) in [7, 11) is 1.77. The normalized spacial score (nSPS) is 14.5. The zero-order valence-corrected chi connectivity index (χ0v) is 17.0. The number of rotatable bonds is 5. The van der Waals surface area contributed by atoms with Crippen LogP contribution in [-0.2, 0) is 12.6 Å². The number of hydrogen-bond acceptors (Lipinski definition) is 6. The second-order valence-electron chi connectivity index (χ2n) is 7.26. The highest BCUT2D eigenvalue weighted by Gasteiger charge is 2.35. The van der Waals surface area contributed by atoms with Gasteiger partial charge in [-0.25, -0.2) is 13.8 Å².